The summed E-state index contributed by atoms with van der Waals surface area (Å²) in [5, 5.41) is 11.6. The number of nitrogens with two attached hydrogens (primary N) is 1. The molecule has 2 aromatic heterocycles. The molecule has 0 unspecified atom stereocenters. The molecule has 0 aromatic carbocycles. The SMILES string of the molecule is CCCc1nc(CSc2nnc(N)s2)cs1. The molecule has 0 saturated heterocycles. The van der Waals surface area contributed by atoms with E-state index in [-0.39, 0.29) is 0 Å². The van der Waals surface area contributed by atoms with Crippen LogP contribution in [-0.2, 0) is 12.2 Å². The highest BCUT2D eigenvalue weighted by Gasteiger charge is 2.05. The Morgan fingerprint density at radius 1 is 1.44 bits per heavy atom. The molecular weight excluding hydrogens is 260 g/mol. The maximum atomic E-state index is 5.51. The molecular formula is C9H12N4S3. The van der Waals surface area contributed by atoms with Crippen molar-refractivity contribution in [1.29, 1.82) is 0 Å². The first-order valence-electron chi connectivity index (χ1n) is 4.93. The lowest BCUT2D eigenvalue weighted by atomic mass is 10.3. The van der Waals surface area contributed by atoms with Crippen LogP contribution in [0.15, 0.2) is 9.72 Å². The zero-order valence-electron chi connectivity index (χ0n) is 8.84. The van der Waals surface area contributed by atoms with E-state index in [9.17, 15) is 0 Å². The number of rotatable bonds is 5. The zero-order chi connectivity index (χ0) is 11.4. The summed E-state index contributed by atoms with van der Waals surface area (Å²) in [5.74, 6) is 0.842. The summed E-state index contributed by atoms with van der Waals surface area (Å²) in [4.78, 5) is 4.54. The number of aromatic nitrogens is 3. The second-order valence-corrected chi connectivity index (χ2v) is 6.35. The molecule has 0 spiro atoms. The number of thioether (sulfide) groups is 1. The topological polar surface area (TPSA) is 64.7 Å². The van der Waals surface area contributed by atoms with Gasteiger partial charge in [0.15, 0.2) is 4.34 Å². The minimum atomic E-state index is 0.521. The molecule has 4 nitrogen and oxygen atoms in total. The van der Waals surface area contributed by atoms with Gasteiger partial charge < -0.3 is 5.73 Å². The van der Waals surface area contributed by atoms with Crippen LogP contribution in [0.4, 0.5) is 5.13 Å². The maximum Gasteiger partial charge on any atom is 0.203 e. The Morgan fingerprint density at radius 3 is 3.00 bits per heavy atom. The molecule has 7 heteroatoms. The van der Waals surface area contributed by atoms with Gasteiger partial charge in [0.25, 0.3) is 0 Å². The molecule has 0 radical (unpaired) electrons. The maximum absolute atomic E-state index is 5.51. The minimum Gasteiger partial charge on any atom is -0.374 e. The van der Waals surface area contributed by atoms with Crippen LogP contribution in [0.2, 0.25) is 0 Å². The first-order valence-corrected chi connectivity index (χ1v) is 7.61. The van der Waals surface area contributed by atoms with Gasteiger partial charge >= 0.3 is 0 Å². The number of hydrogen-bond acceptors (Lipinski definition) is 7. The van der Waals surface area contributed by atoms with Gasteiger partial charge in [0.05, 0.1) is 10.7 Å². The first-order chi connectivity index (χ1) is 7.78. The van der Waals surface area contributed by atoms with Crippen molar-refractivity contribution < 1.29 is 0 Å². The van der Waals surface area contributed by atoms with Crippen molar-refractivity contribution in [2.24, 2.45) is 0 Å². The molecule has 2 heterocycles. The van der Waals surface area contributed by atoms with Crippen LogP contribution in [0.5, 0.6) is 0 Å². The van der Waals surface area contributed by atoms with Crippen LogP contribution in [0, 0.1) is 0 Å². The molecule has 2 rings (SSSR count). The normalized spacial score (nSPS) is 10.8. The monoisotopic (exact) mass is 272 g/mol. The summed E-state index contributed by atoms with van der Waals surface area (Å²) < 4.78 is 0.905. The smallest absolute Gasteiger partial charge is 0.203 e. The third-order valence-electron chi connectivity index (χ3n) is 1.83. The highest BCUT2D eigenvalue weighted by Crippen LogP contribution is 2.27. The van der Waals surface area contributed by atoms with Crippen LogP contribution in [-0.4, -0.2) is 15.2 Å². The van der Waals surface area contributed by atoms with Crippen molar-refractivity contribution >= 4 is 39.6 Å². The fourth-order valence-electron chi connectivity index (χ4n) is 1.16. The largest absolute Gasteiger partial charge is 0.374 e. The van der Waals surface area contributed by atoms with E-state index in [0.29, 0.717) is 5.13 Å². The molecule has 0 bridgehead atoms. The number of hydrogen-bond donors (Lipinski definition) is 1. The number of nitrogen functional groups attached to an aromatic ring is 1. The van der Waals surface area contributed by atoms with Gasteiger partial charge in [-0.25, -0.2) is 4.98 Å². The van der Waals surface area contributed by atoms with E-state index < -0.39 is 0 Å². The molecule has 16 heavy (non-hydrogen) atoms. The third kappa shape index (κ3) is 3.16. The fourth-order valence-corrected chi connectivity index (χ4v) is 3.69. The van der Waals surface area contributed by atoms with Gasteiger partial charge in [-0.15, -0.1) is 21.5 Å². The van der Waals surface area contributed by atoms with E-state index >= 15 is 0 Å². The molecule has 2 N–H and O–H groups in total. The Kier molecular flexibility index (Phi) is 4.14. The summed E-state index contributed by atoms with van der Waals surface area (Å²) in [6.45, 7) is 2.17. The molecule has 0 fully saturated rings. The number of anilines is 1. The molecule has 0 saturated carbocycles. The second kappa shape index (κ2) is 5.60. The standard InChI is InChI=1S/C9H12N4S3/c1-2-3-7-11-6(4-14-7)5-15-9-13-12-8(10)16-9/h4H,2-3,5H2,1H3,(H2,10,12). The van der Waals surface area contributed by atoms with E-state index in [0.717, 1.165) is 28.6 Å². The predicted octanol–water partition coefficient (Wildman–Crippen LogP) is 2.82. The van der Waals surface area contributed by atoms with Crippen molar-refractivity contribution in [2.75, 3.05) is 5.73 Å². The van der Waals surface area contributed by atoms with Gasteiger partial charge in [0.2, 0.25) is 5.13 Å². The van der Waals surface area contributed by atoms with Crippen molar-refractivity contribution in [3.8, 4) is 0 Å². The zero-order valence-corrected chi connectivity index (χ0v) is 11.3. The molecule has 0 amide bonds. The quantitative estimate of drug-likeness (QED) is 0.848. The lowest BCUT2D eigenvalue weighted by Crippen LogP contribution is -1.84. The van der Waals surface area contributed by atoms with Crippen LogP contribution in [0.25, 0.3) is 0 Å². The van der Waals surface area contributed by atoms with Gasteiger partial charge in [0, 0.05) is 11.1 Å². The van der Waals surface area contributed by atoms with Gasteiger partial charge in [0.1, 0.15) is 0 Å². The molecule has 0 aliphatic heterocycles. The van der Waals surface area contributed by atoms with Gasteiger partial charge in [-0.3, -0.25) is 0 Å². The molecule has 86 valence electrons. The van der Waals surface area contributed by atoms with E-state index in [1.165, 1.54) is 16.3 Å². The first kappa shape index (κ1) is 11.8. The van der Waals surface area contributed by atoms with Crippen molar-refractivity contribution in [3.63, 3.8) is 0 Å². The Hall–Kier alpha value is -0.660. The van der Waals surface area contributed by atoms with E-state index in [1.54, 1.807) is 23.1 Å². The minimum absolute atomic E-state index is 0.521. The van der Waals surface area contributed by atoms with E-state index in [1.807, 2.05) is 0 Å². The Bertz CT molecular complexity index is 451. The third-order valence-corrected chi connectivity index (χ3v) is 4.71. The van der Waals surface area contributed by atoms with Crippen molar-refractivity contribution in [2.45, 2.75) is 29.9 Å². The van der Waals surface area contributed by atoms with E-state index in [2.05, 4.69) is 27.5 Å². The Morgan fingerprint density at radius 2 is 2.31 bits per heavy atom. The van der Waals surface area contributed by atoms with Crippen LogP contribution >= 0.6 is 34.4 Å². The fraction of sp³-hybridized carbons (Fsp3) is 0.444. The number of nitrogens with zero attached hydrogens (tertiary/aromatic N) is 3. The van der Waals surface area contributed by atoms with Crippen LogP contribution < -0.4 is 5.73 Å². The van der Waals surface area contributed by atoms with Crippen molar-refractivity contribution in [3.05, 3.63) is 16.1 Å². The molecule has 0 atom stereocenters. The summed E-state index contributed by atoms with van der Waals surface area (Å²) in [5.41, 5.74) is 6.63. The summed E-state index contributed by atoms with van der Waals surface area (Å²) in [6.07, 6.45) is 2.22. The number of aryl methyl sites for hydroxylation is 1. The lowest BCUT2D eigenvalue weighted by molar-refractivity contribution is 0.902. The average molecular weight is 272 g/mol. The summed E-state index contributed by atoms with van der Waals surface area (Å²) >= 11 is 4.79. The van der Waals surface area contributed by atoms with E-state index in [4.69, 9.17) is 5.73 Å². The molecule has 2 aromatic rings. The average Bonchev–Trinajstić information content (AvgIpc) is 2.85. The lowest BCUT2D eigenvalue weighted by Gasteiger charge is -1.92. The number of thiazole rings is 1. The molecule has 0 aliphatic carbocycles. The Balaban J connectivity index is 1.89. The molecule has 0 aliphatic rings. The van der Waals surface area contributed by atoms with Gasteiger partial charge in [-0.2, -0.15) is 0 Å². The second-order valence-electron chi connectivity index (χ2n) is 3.18. The predicted molar refractivity (Wildman–Crippen MR) is 70.0 cm³/mol. The van der Waals surface area contributed by atoms with Gasteiger partial charge in [-0.1, -0.05) is 30.0 Å². The van der Waals surface area contributed by atoms with Gasteiger partial charge in [-0.05, 0) is 12.8 Å². The van der Waals surface area contributed by atoms with Crippen molar-refractivity contribution in [1.82, 2.24) is 15.2 Å². The highest BCUT2D eigenvalue weighted by atomic mass is 32.2. The highest BCUT2D eigenvalue weighted by molar-refractivity contribution is 8.00. The summed E-state index contributed by atoms with van der Waals surface area (Å²) in [6, 6.07) is 0. The summed E-state index contributed by atoms with van der Waals surface area (Å²) in [7, 11) is 0. The van der Waals surface area contributed by atoms with Crippen LogP contribution in [0.1, 0.15) is 24.0 Å². The Labute approximate surface area is 106 Å². The van der Waals surface area contributed by atoms with Crippen LogP contribution in [0.3, 0.4) is 0 Å².